The second-order valence-electron chi connectivity index (χ2n) is 4.14. The van der Waals surface area contributed by atoms with Gasteiger partial charge in [0, 0.05) is 24.2 Å². The van der Waals surface area contributed by atoms with Crippen LogP contribution in [-0.4, -0.2) is 32.7 Å². The van der Waals surface area contributed by atoms with Crippen molar-refractivity contribution < 1.29 is 9.53 Å². The Morgan fingerprint density at radius 3 is 2.95 bits per heavy atom. The second kappa shape index (κ2) is 4.61. The van der Waals surface area contributed by atoms with E-state index in [0.717, 1.165) is 11.1 Å². The normalized spacial score (nSPS) is 10.7. The average molecular weight is 269 g/mol. The molecule has 0 unspecified atom stereocenters. The van der Waals surface area contributed by atoms with E-state index in [1.165, 1.54) is 13.3 Å². The maximum Gasteiger partial charge on any atom is 0.339 e. The number of fused-ring (bicyclic) bond motifs is 1. The molecule has 7 nitrogen and oxygen atoms in total. The fourth-order valence-corrected chi connectivity index (χ4v) is 1.91. The lowest BCUT2D eigenvalue weighted by molar-refractivity contribution is 0.0600. The van der Waals surface area contributed by atoms with Gasteiger partial charge in [-0.1, -0.05) is 0 Å². The highest BCUT2D eigenvalue weighted by Gasteiger charge is 2.09. The molecule has 0 saturated heterocycles. The predicted octanol–water partition coefficient (Wildman–Crippen LogP) is 1.16. The van der Waals surface area contributed by atoms with Crippen molar-refractivity contribution in [2.45, 2.75) is 0 Å². The number of nitrogens with zero attached hydrogens (tertiary/aromatic N) is 4. The topological polar surface area (TPSA) is 95.4 Å². The Bertz CT molecular complexity index is 796. The quantitative estimate of drug-likeness (QED) is 0.701. The Morgan fingerprint density at radius 2 is 2.15 bits per heavy atom. The maximum atomic E-state index is 11.5. The van der Waals surface area contributed by atoms with E-state index in [-0.39, 0.29) is 5.95 Å². The van der Waals surface area contributed by atoms with Gasteiger partial charge >= 0.3 is 5.97 Å². The van der Waals surface area contributed by atoms with Crippen LogP contribution in [0.2, 0.25) is 0 Å². The Hall–Kier alpha value is -2.96. The Labute approximate surface area is 114 Å². The first-order chi connectivity index (χ1) is 9.67. The van der Waals surface area contributed by atoms with Gasteiger partial charge in [-0.3, -0.25) is 4.98 Å². The van der Waals surface area contributed by atoms with Crippen molar-refractivity contribution in [1.29, 1.82) is 0 Å². The predicted molar refractivity (Wildman–Crippen MR) is 72.0 cm³/mol. The summed E-state index contributed by atoms with van der Waals surface area (Å²) in [6.45, 7) is 0. The summed E-state index contributed by atoms with van der Waals surface area (Å²) < 4.78 is 6.26. The molecule has 0 radical (unpaired) electrons. The van der Waals surface area contributed by atoms with Gasteiger partial charge in [0.1, 0.15) is 0 Å². The van der Waals surface area contributed by atoms with Gasteiger partial charge < -0.3 is 10.5 Å². The van der Waals surface area contributed by atoms with Crippen molar-refractivity contribution in [3.8, 4) is 11.1 Å². The first-order valence-corrected chi connectivity index (χ1v) is 5.83. The summed E-state index contributed by atoms with van der Waals surface area (Å²) in [5, 5.41) is 4.00. The van der Waals surface area contributed by atoms with E-state index >= 15 is 0 Å². The van der Waals surface area contributed by atoms with E-state index in [2.05, 4.69) is 19.8 Å². The monoisotopic (exact) mass is 269 g/mol. The summed E-state index contributed by atoms with van der Waals surface area (Å²) in [5.74, 6) is -0.212. The van der Waals surface area contributed by atoms with Gasteiger partial charge in [-0.05, 0) is 23.8 Å². The van der Waals surface area contributed by atoms with E-state index in [0.29, 0.717) is 11.2 Å². The van der Waals surface area contributed by atoms with Crippen LogP contribution >= 0.6 is 0 Å². The molecule has 3 aromatic rings. The standard InChI is InChI=1S/C13H11N5O2/c1-20-12(19)10-4-9(6-15-7-10)8-2-3-18-11(5-8)16-13(14)17-18/h2-7H,1H3,(H2,14,17). The summed E-state index contributed by atoms with van der Waals surface area (Å²) in [4.78, 5) is 19.6. The summed E-state index contributed by atoms with van der Waals surface area (Å²) in [7, 11) is 1.33. The third kappa shape index (κ3) is 2.05. The van der Waals surface area contributed by atoms with E-state index in [1.54, 1.807) is 23.0 Å². The molecule has 0 aliphatic rings. The fourth-order valence-electron chi connectivity index (χ4n) is 1.91. The molecule has 3 heterocycles. The molecule has 0 spiro atoms. The Morgan fingerprint density at radius 1 is 1.30 bits per heavy atom. The van der Waals surface area contributed by atoms with Gasteiger partial charge in [0.25, 0.3) is 0 Å². The van der Waals surface area contributed by atoms with Crippen LogP contribution in [0.5, 0.6) is 0 Å². The number of methoxy groups -OCH3 is 1. The smallest absolute Gasteiger partial charge is 0.339 e. The van der Waals surface area contributed by atoms with Crippen LogP contribution in [-0.2, 0) is 4.74 Å². The first kappa shape index (κ1) is 12.1. The number of rotatable bonds is 2. The van der Waals surface area contributed by atoms with Crippen LogP contribution in [0.25, 0.3) is 16.8 Å². The van der Waals surface area contributed by atoms with Crippen LogP contribution in [0.3, 0.4) is 0 Å². The van der Waals surface area contributed by atoms with Gasteiger partial charge in [-0.2, -0.15) is 4.98 Å². The van der Waals surface area contributed by atoms with Gasteiger partial charge in [0.05, 0.1) is 12.7 Å². The van der Waals surface area contributed by atoms with E-state index < -0.39 is 5.97 Å². The zero-order chi connectivity index (χ0) is 14.1. The van der Waals surface area contributed by atoms with Crippen molar-refractivity contribution in [3.63, 3.8) is 0 Å². The summed E-state index contributed by atoms with van der Waals surface area (Å²) >= 11 is 0. The fraction of sp³-hybridized carbons (Fsp3) is 0.0769. The van der Waals surface area contributed by atoms with Crippen LogP contribution in [0.1, 0.15) is 10.4 Å². The number of carbonyl (C=O) groups excluding carboxylic acids is 1. The molecule has 0 aliphatic carbocycles. The number of ether oxygens (including phenoxy) is 1. The average Bonchev–Trinajstić information content (AvgIpc) is 2.85. The molecule has 0 fully saturated rings. The molecular formula is C13H11N5O2. The lowest BCUT2D eigenvalue weighted by atomic mass is 10.1. The molecule has 7 heteroatoms. The number of anilines is 1. The molecular weight excluding hydrogens is 258 g/mol. The largest absolute Gasteiger partial charge is 0.465 e. The summed E-state index contributed by atoms with van der Waals surface area (Å²) in [6.07, 6.45) is 4.87. The molecule has 3 aromatic heterocycles. The van der Waals surface area contributed by atoms with Crippen molar-refractivity contribution in [1.82, 2.24) is 19.6 Å². The number of hydrogen-bond donors (Lipinski definition) is 1. The zero-order valence-electron chi connectivity index (χ0n) is 10.6. The second-order valence-corrected chi connectivity index (χ2v) is 4.14. The van der Waals surface area contributed by atoms with Crippen LogP contribution in [0.4, 0.5) is 5.95 Å². The number of nitrogens with two attached hydrogens (primary N) is 1. The summed E-state index contributed by atoms with van der Waals surface area (Å²) in [5.41, 5.74) is 8.22. The molecule has 0 aliphatic heterocycles. The molecule has 0 saturated carbocycles. The van der Waals surface area contributed by atoms with Crippen molar-refractivity contribution in [2.24, 2.45) is 0 Å². The minimum atomic E-state index is -0.424. The number of hydrogen-bond acceptors (Lipinski definition) is 6. The van der Waals surface area contributed by atoms with Crippen molar-refractivity contribution in [3.05, 3.63) is 42.4 Å². The molecule has 100 valence electrons. The molecule has 0 atom stereocenters. The van der Waals surface area contributed by atoms with Gasteiger partial charge in [-0.25, -0.2) is 9.31 Å². The molecule has 0 bridgehead atoms. The highest BCUT2D eigenvalue weighted by molar-refractivity contribution is 5.90. The highest BCUT2D eigenvalue weighted by atomic mass is 16.5. The zero-order valence-corrected chi connectivity index (χ0v) is 10.6. The van der Waals surface area contributed by atoms with Gasteiger partial charge in [0.15, 0.2) is 5.65 Å². The van der Waals surface area contributed by atoms with Gasteiger partial charge in [-0.15, -0.1) is 5.10 Å². The van der Waals surface area contributed by atoms with E-state index in [1.807, 2.05) is 12.1 Å². The van der Waals surface area contributed by atoms with Gasteiger partial charge in [0.2, 0.25) is 5.95 Å². The lowest BCUT2D eigenvalue weighted by Crippen LogP contribution is -2.01. The highest BCUT2D eigenvalue weighted by Crippen LogP contribution is 2.21. The number of carbonyl (C=O) groups is 1. The third-order valence-corrected chi connectivity index (χ3v) is 2.85. The summed E-state index contributed by atoms with van der Waals surface area (Å²) in [6, 6.07) is 5.38. The number of esters is 1. The van der Waals surface area contributed by atoms with Crippen molar-refractivity contribution in [2.75, 3.05) is 12.8 Å². The Kier molecular flexibility index (Phi) is 2.79. The molecule has 3 rings (SSSR count). The maximum absolute atomic E-state index is 11.5. The van der Waals surface area contributed by atoms with Crippen LogP contribution < -0.4 is 5.73 Å². The molecule has 0 amide bonds. The molecule has 0 aromatic carbocycles. The Balaban J connectivity index is 2.08. The van der Waals surface area contributed by atoms with E-state index in [9.17, 15) is 4.79 Å². The number of nitrogen functional groups attached to an aromatic ring is 1. The first-order valence-electron chi connectivity index (χ1n) is 5.83. The van der Waals surface area contributed by atoms with Crippen molar-refractivity contribution >= 4 is 17.6 Å². The minimum absolute atomic E-state index is 0.212. The van der Waals surface area contributed by atoms with E-state index in [4.69, 9.17) is 5.73 Å². The molecule has 20 heavy (non-hydrogen) atoms. The van der Waals surface area contributed by atoms with Crippen LogP contribution in [0, 0.1) is 0 Å². The third-order valence-electron chi connectivity index (χ3n) is 2.85. The van der Waals surface area contributed by atoms with Crippen LogP contribution in [0.15, 0.2) is 36.8 Å². The lowest BCUT2D eigenvalue weighted by Gasteiger charge is -2.04. The number of pyridine rings is 2. The SMILES string of the molecule is COC(=O)c1cncc(-c2ccn3nc(N)nc3c2)c1. The molecule has 2 N–H and O–H groups in total. The number of aromatic nitrogens is 4. The minimum Gasteiger partial charge on any atom is -0.465 e.